The number of terminal acetylenes is 1. The van der Waals surface area contributed by atoms with Crippen LogP contribution in [0.2, 0.25) is 0 Å². The number of ketones is 1. The maximum Gasteiger partial charge on any atom is 0.198 e. The molecule has 0 unspecified atom stereocenters. The van der Waals surface area contributed by atoms with Crippen LogP contribution < -0.4 is 0 Å². The summed E-state index contributed by atoms with van der Waals surface area (Å²) >= 11 is 0. The largest absolute Gasteiger partial charge is 0.353 e. The van der Waals surface area contributed by atoms with Crippen molar-refractivity contribution in [2.75, 3.05) is 20.3 Å². The Morgan fingerprint density at radius 3 is 2.78 bits per heavy atom. The van der Waals surface area contributed by atoms with E-state index in [1.807, 2.05) is 30.3 Å². The molecule has 0 spiro atoms. The third-order valence-corrected chi connectivity index (χ3v) is 3.79. The summed E-state index contributed by atoms with van der Waals surface area (Å²) < 4.78 is 27.8. The number of rotatable bonds is 4. The van der Waals surface area contributed by atoms with E-state index in [0.717, 1.165) is 5.56 Å². The molecule has 0 bridgehead atoms. The van der Waals surface area contributed by atoms with Gasteiger partial charge in [0.25, 0.3) is 0 Å². The molecule has 1 aromatic carbocycles. The van der Waals surface area contributed by atoms with Gasteiger partial charge in [-0.2, -0.15) is 0 Å². The molecule has 23 heavy (non-hydrogen) atoms. The van der Waals surface area contributed by atoms with E-state index in [9.17, 15) is 4.79 Å². The van der Waals surface area contributed by atoms with E-state index in [2.05, 4.69) is 5.92 Å². The van der Waals surface area contributed by atoms with E-state index in [1.54, 1.807) is 0 Å². The van der Waals surface area contributed by atoms with Crippen molar-refractivity contribution < 1.29 is 28.5 Å². The normalized spacial score (nSPS) is 33.7. The molecule has 0 radical (unpaired) electrons. The highest BCUT2D eigenvalue weighted by Crippen LogP contribution is 2.33. The van der Waals surface area contributed by atoms with Crippen LogP contribution in [0.5, 0.6) is 0 Å². The molecule has 0 amide bonds. The molecule has 6 nitrogen and oxygen atoms in total. The minimum atomic E-state index is -0.910. The summed E-state index contributed by atoms with van der Waals surface area (Å²) in [5, 5.41) is 0. The summed E-state index contributed by atoms with van der Waals surface area (Å²) in [4.78, 5) is 12.7. The first-order chi connectivity index (χ1) is 11.2. The fourth-order valence-electron chi connectivity index (χ4n) is 2.69. The van der Waals surface area contributed by atoms with Crippen molar-refractivity contribution in [1.82, 2.24) is 0 Å². The zero-order chi connectivity index (χ0) is 16.2. The molecule has 2 saturated heterocycles. The van der Waals surface area contributed by atoms with Gasteiger partial charge in [0, 0.05) is 12.7 Å². The maximum absolute atomic E-state index is 12.7. The molecule has 1 aromatic rings. The quantitative estimate of drug-likeness (QED) is 0.774. The van der Waals surface area contributed by atoms with E-state index in [4.69, 9.17) is 30.1 Å². The lowest BCUT2D eigenvalue weighted by Crippen LogP contribution is -2.60. The van der Waals surface area contributed by atoms with E-state index in [-0.39, 0.29) is 19.0 Å². The average Bonchev–Trinajstić information content (AvgIpc) is 2.61. The fraction of sp³-hybridized carbons (Fsp3) is 0.471. The summed E-state index contributed by atoms with van der Waals surface area (Å²) in [5.74, 6) is 2.09. The van der Waals surface area contributed by atoms with Crippen LogP contribution in [0, 0.1) is 12.3 Å². The molecule has 2 aliphatic rings. The van der Waals surface area contributed by atoms with Crippen molar-refractivity contribution in [3.63, 3.8) is 0 Å². The SMILES string of the molecule is C#CCO[C@@H]1C(=O)[C@@H]2O[C@H](c3ccccc3)OC[C@H]2O[C@@H]1OC. The first kappa shape index (κ1) is 16.1. The molecule has 2 fully saturated rings. The summed E-state index contributed by atoms with van der Waals surface area (Å²) in [6.07, 6.45) is 1.54. The standard InChI is InChI=1S/C17H18O6/c1-3-9-20-15-13(18)14-12(22-17(15)19-2)10-21-16(23-14)11-7-5-4-6-8-11/h1,4-8,12,14-17H,9-10H2,2H3/t12-,14-,15-,16-,17+/m1/s1. The Hall–Kier alpha value is -1.75. The highest BCUT2D eigenvalue weighted by atomic mass is 16.8. The van der Waals surface area contributed by atoms with E-state index in [0.29, 0.717) is 0 Å². The molecule has 6 heteroatoms. The lowest BCUT2D eigenvalue weighted by Gasteiger charge is -2.43. The van der Waals surface area contributed by atoms with Gasteiger partial charge in [0.15, 0.2) is 30.6 Å². The number of benzene rings is 1. The Labute approximate surface area is 134 Å². The summed E-state index contributed by atoms with van der Waals surface area (Å²) in [6.45, 7) is 0.229. The number of carbonyl (C=O) groups excluding carboxylic acids is 1. The van der Waals surface area contributed by atoms with Gasteiger partial charge in [0.2, 0.25) is 0 Å². The van der Waals surface area contributed by atoms with Crippen molar-refractivity contribution in [2.24, 2.45) is 0 Å². The van der Waals surface area contributed by atoms with Gasteiger partial charge in [0.1, 0.15) is 12.7 Å². The van der Waals surface area contributed by atoms with Crippen molar-refractivity contribution >= 4 is 5.78 Å². The van der Waals surface area contributed by atoms with Crippen molar-refractivity contribution in [1.29, 1.82) is 0 Å². The molecule has 5 atom stereocenters. The third-order valence-electron chi connectivity index (χ3n) is 3.79. The van der Waals surface area contributed by atoms with Crippen molar-refractivity contribution in [3.05, 3.63) is 35.9 Å². The molecule has 0 saturated carbocycles. The van der Waals surface area contributed by atoms with Crippen LogP contribution in [0.25, 0.3) is 0 Å². The molecular formula is C17H18O6. The van der Waals surface area contributed by atoms with Gasteiger partial charge >= 0.3 is 0 Å². The second kappa shape index (κ2) is 7.21. The Morgan fingerprint density at radius 2 is 2.09 bits per heavy atom. The van der Waals surface area contributed by atoms with Crippen LogP contribution in [0.4, 0.5) is 0 Å². The lowest BCUT2D eigenvalue weighted by atomic mass is 9.99. The molecule has 3 rings (SSSR count). The third kappa shape index (κ3) is 3.29. The van der Waals surface area contributed by atoms with Crippen molar-refractivity contribution in [3.8, 4) is 12.3 Å². The summed E-state index contributed by atoms with van der Waals surface area (Å²) in [5.41, 5.74) is 0.841. The highest BCUT2D eigenvalue weighted by Gasteiger charge is 2.50. The number of fused-ring (bicyclic) bond motifs is 1. The van der Waals surface area contributed by atoms with Crippen LogP contribution in [0.1, 0.15) is 11.9 Å². The van der Waals surface area contributed by atoms with Gasteiger partial charge in [-0.25, -0.2) is 0 Å². The van der Waals surface area contributed by atoms with Gasteiger partial charge in [-0.1, -0.05) is 36.3 Å². The number of methoxy groups -OCH3 is 1. The molecule has 122 valence electrons. The Morgan fingerprint density at radius 1 is 1.30 bits per heavy atom. The first-order valence-electron chi connectivity index (χ1n) is 7.33. The minimum absolute atomic E-state index is 0.00434. The van der Waals surface area contributed by atoms with Crippen LogP contribution in [0.3, 0.4) is 0 Å². The van der Waals surface area contributed by atoms with Gasteiger partial charge in [-0.05, 0) is 0 Å². The van der Waals surface area contributed by atoms with Crippen LogP contribution in [-0.4, -0.2) is 50.7 Å². The fourth-order valence-corrected chi connectivity index (χ4v) is 2.69. The molecule has 0 N–H and O–H groups in total. The predicted octanol–water partition coefficient (Wildman–Crippen LogP) is 1.06. The van der Waals surface area contributed by atoms with Gasteiger partial charge < -0.3 is 23.7 Å². The number of carbonyl (C=O) groups is 1. The monoisotopic (exact) mass is 318 g/mol. The summed E-state index contributed by atoms with van der Waals surface area (Å²) in [7, 11) is 1.45. The zero-order valence-electron chi connectivity index (χ0n) is 12.7. The number of Topliss-reactive ketones (excluding diaryl/α,β-unsaturated/α-hetero) is 1. The van der Waals surface area contributed by atoms with Crippen LogP contribution in [0.15, 0.2) is 30.3 Å². The van der Waals surface area contributed by atoms with Gasteiger partial charge in [0.05, 0.1) is 6.61 Å². The Bertz CT molecular complexity index is 580. The predicted molar refractivity (Wildman–Crippen MR) is 79.3 cm³/mol. The van der Waals surface area contributed by atoms with E-state index >= 15 is 0 Å². The number of hydrogen-bond acceptors (Lipinski definition) is 6. The van der Waals surface area contributed by atoms with Crippen molar-refractivity contribution in [2.45, 2.75) is 30.9 Å². The smallest absolute Gasteiger partial charge is 0.198 e. The first-order valence-corrected chi connectivity index (χ1v) is 7.33. The lowest BCUT2D eigenvalue weighted by molar-refractivity contribution is -0.316. The maximum atomic E-state index is 12.7. The molecule has 2 heterocycles. The van der Waals surface area contributed by atoms with Crippen LogP contribution >= 0.6 is 0 Å². The summed E-state index contributed by atoms with van der Waals surface area (Å²) in [6, 6.07) is 9.42. The Kier molecular flexibility index (Phi) is 5.06. The molecule has 2 aliphatic heterocycles. The number of hydrogen-bond donors (Lipinski definition) is 0. The second-order valence-corrected chi connectivity index (χ2v) is 5.25. The van der Waals surface area contributed by atoms with Gasteiger partial charge in [-0.3, -0.25) is 4.79 Å². The average molecular weight is 318 g/mol. The van der Waals surface area contributed by atoms with Crippen LogP contribution in [-0.2, 0) is 28.5 Å². The molecule has 0 aromatic heterocycles. The van der Waals surface area contributed by atoms with Gasteiger partial charge in [-0.15, -0.1) is 6.42 Å². The van der Waals surface area contributed by atoms with E-state index in [1.165, 1.54) is 7.11 Å². The minimum Gasteiger partial charge on any atom is -0.353 e. The second-order valence-electron chi connectivity index (χ2n) is 5.25. The highest BCUT2D eigenvalue weighted by molar-refractivity contribution is 5.89. The molecular weight excluding hydrogens is 300 g/mol. The zero-order valence-corrected chi connectivity index (χ0v) is 12.7. The Balaban J connectivity index is 1.75. The number of ether oxygens (including phenoxy) is 5. The molecule has 0 aliphatic carbocycles. The topological polar surface area (TPSA) is 63.2 Å². The van der Waals surface area contributed by atoms with E-state index < -0.39 is 30.9 Å².